The summed E-state index contributed by atoms with van der Waals surface area (Å²) in [6.07, 6.45) is -0.254. The Morgan fingerprint density at radius 2 is 2.33 bits per heavy atom. The second kappa shape index (κ2) is 6.49. The molecule has 0 N–H and O–H groups in total. The average Bonchev–Trinajstić information content (AvgIpc) is 1.89. The van der Waals surface area contributed by atoms with Gasteiger partial charge in [0.15, 0.2) is 0 Å². The van der Waals surface area contributed by atoms with E-state index in [4.69, 9.17) is 4.74 Å². The number of alkyl halides is 2. The van der Waals surface area contributed by atoms with E-state index in [1.807, 2.05) is 6.92 Å². The molecule has 3 heteroatoms. The summed E-state index contributed by atoms with van der Waals surface area (Å²) in [5, 5.41) is 0.417. The van der Waals surface area contributed by atoms with E-state index in [2.05, 4.69) is 15.9 Å². The van der Waals surface area contributed by atoms with Crippen LogP contribution in [0.2, 0.25) is 0 Å². The van der Waals surface area contributed by atoms with E-state index in [1.54, 1.807) is 0 Å². The summed E-state index contributed by atoms with van der Waals surface area (Å²) in [5.74, 6) is 0. The standard InChI is InChI=1S/C6H12BrFO/c1-2-9-4-3-6(8)5-7/h6H,2-5H2,1H3/t6-/m1/s1. The fraction of sp³-hybridized carbons (Fsp3) is 1.00. The van der Waals surface area contributed by atoms with Crippen LogP contribution in [0.4, 0.5) is 4.39 Å². The molecule has 1 atom stereocenters. The van der Waals surface area contributed by atoms with Crippen molar-refractivity contribution >= 4 is 15.9 Å². The normalized spacial score (nSPS) is 13.7. The van der Waals surface area contributed by atoms with Crippen LogP contribution in [0.3, 0.4) is 0 Å². The molecule has 0 aliphatic rings. The second-order valence-corrected chi connectivity index (χ2v) is 2.38. The Hall–Kier alpha value is 0.370. The first kappa shape index (κ1) is 9.37. The van der Waals surface area contributed by atoms with Gasteiger partial charge in [0, 0.05) is 25.0 Å². The van der Waals surface area contributed by atoms with Crippen LogP contribution in [0.1, 0.15) is 13.3 Å². The zero-order valence-corrected chi connectivity index (χ0v) is 7.16. The van der Waals surface area contributed by atoms with Crippen molar-refractivity contribution in [2.45, 2.75) is 19.5 Å². The quantitative estimate of drug-likeness (QED) is 0.486. The molecule has 9 heavy (non-hydrogen) atoms. The third-order valence-electron chi connectivity index (χ3n) is 0.947. The molecule has 0 aromatic rings. The maximum atomic E-state index is 12.3. The van der Waals surface area contributed by atoms with Crippen LogP contribution >= 0.6 is 15.9 Å². The third-order valence-corrected chi connectivity index (χ3v) is 1.65. The molecule has 0 saturated carbocycles. The van der Waals surface area contributed by atoms with Crippen LogP contribution in [0.15, 0.2) is 0 Å². The monoisotopic (exact) mass is 198 g/mol. The van der Waals surface area contributed by atoms with E-state index < -0.39 is 6.17 Å². The number of rotatable bonds is 5. The van der Waals surface area contributed by atoms with Crippen molar-refractivity contribution in [1.82, 2.24) is 0 Å². The van der Waals surface area contributed by atoms with Crippen molar-refractivity contribution in [1.29, 1.82) is 0 Å². The third kappa shape index (κ3) is 6.25. The fourth-order valence-electron chi connectivity index (χ4n) is 0.433. The van der Waals surface area contributed by atoms with Crippen LogP contribution in [0, 0.1) is 0 Å². The minimum Gasteiger partial charge on any atom is -0.382 e. The maximum absolute atomic E-state index is 12.3. The fourth-order valence-corrected chi connectivity index (χ4v) is 0.756. The summed E-state index contributed by atoms with van der Waals surface area (Å²) in [6, 6.07) is 0. The van der Waals surface area contributed by atoms with Crippen molar-refractivity contribution < 1.29 is 9.13 Å². The van der Waals surface area contributed by atoms with Gasteiger partial charge >= 0.3 is 0 Å². The van der Waals surface area contributed by atoms with Crippen molar-refractivity contribution in [2.75, 3.05) is 18.5 Å². The second-order valence-electron chi connectivity index (χ2n) is 1.74. The lowest BCUT2D eigenvalue weighted by Crippen LogP contribution is -2.06. The topological polar surface area (TPSA) is 9.23 Å². The van der Waals surface area contributed by atoms with Gasteiger partial charge in [0.1, 0.15) is 6.17 Å². The number of halogens is 2. The van der Waals surface area contributed by atoms with E-state index in [9.17, 15) is 4.39 Å². The number of hydrogen-bond acceptors (Lipinski definition) is 1. The highest BCUT2D eigenvalue weighted by Gasteiger charge is 2.01. The lowest BCUT2D eigenvalue weighted by molar-refractivity contribution is 0.127. The zero-order chi connectivity index (χ0) is 7.11. The number of ether oxygens (including phenoxy) is 1. The van der Waals surface area contributed by atoms with Gasteiger partial charge in [-0.1, -0.05) is 15.9 Å². The molecule has 0 spiro atoms. The highest BCUT2D eigenvalue weighted by molar-refractivity contribution is 9.09. The summed E-state index contributed by atoms with van der Waals surface area (Å²) >= 11 is 3.04. The Morgan fingerprint density at radius 3 is 2.78 bits per heavy atom. The highest BCUT2D eigenvalue weighted by atomic mass is 79.9. The van der Waals surface area contributed by atoms with Crippen molar-refractivity contribution in [3.05, 3.63) is 0 Å². The SMILES string of the molecule is CCOCC[C@@H](F)CBr. The first-order chi connectivity index (χ1) is 4.31. The molecule has 0 aliphatic carbocycles. The van der Waals surface area contributed by atoms with E-state index in [1.165, 1.54) is 0 Å². The number of hydrogen-bond donors (Lipinski definition) is 0. The maximum Gasteiger partial charge on any atom is 0.112 e. The Bertz CT molecular complexity index is 61.0. The molecule has 0 aromatic heterocycles. The Kier molecular flexibility index (Phi) is 6.76. The molecule has 0 amide bonds. The molecular weight excluding hydrogens is 187 g/mol. The molecule has 0 fully saturated rings. The van der Waals surface area contributed by atoms with Crippen LogP contribution in [0.25, 0.3) is 0 Å². The molecule has 0 rings (SSSR count). The molecule has 0 bridgehead atoms. The highest BCUT2D eigenvalue weighted by Crippen LogP contribution is 2.01. The van der Waals surface area contributed by atoms with Gasteiger partial charge in [0.2, 0.25) is 0 Å². The van der Waals surface area contributed by atoms with Crippen molar-refractivity contribution in [2.24, 2.45) is 0 Å². The van der Waals surface area contributed by atoms with E-state index >= 15 is 0 Å². The van der Waals surface area contributed by atoms with E-state index in [-0.39, 0.29) is 0 Å². The minimum absolute atomic E-state index is 0.417. The average molecular weight is 199 g/mol. The summed E-state index contributed by atoms with van der Waals surface area (Å²) in [4.78, 5) is 0. The summed E-state index contributed by atoms with van der Waals surface area (Å²) in [5.41, 5.74) is 0. The molecule has 56 valence electrons. The summed E-state index contributed by atoms with van der Waals surface area (Å²) < 4.78 is 17.3. The van der Waals surface area contributed by atoms with Gasteiger partial charge in [0.05, 0.1) is 0 Å². The minimum atomic E-state index is -0.753. The molecule has 0 radical (unpaired) electrons. The van der Waals surface area contributed by atoms with Crippen LogP contribution in [-0.2, 0) is 4.74 Å². The molecular formula is C6H12BrFO. The van der Waals surface area contributed by atoms with Crippen LogP contribution in [-0.4, -0.2) is 24.7 Å². The molecule has 0 aromatic carbocycles. The van der Waals surface area contributed by atoms with Gasteiger partial charge in [0.25, 0.3) is 0 Å². The Morgan fingerprint density at radius 1 is 1.67 bits per heavy atom. The lowest BCUT2D eigenvalue weighted by Gasteiger charge is -2.02. The predicted molar refractivity (Wildman–Crippen MR) is 39.8 cm³/mol. The van der Waals surface area contributed by atoms with Gasteiger partial charge in [-0.3, -0.25) is 0 Å². The molecule has 0 unspecified atom stereocenters. The molecule has 0 saturated heterocycles. The molecule has 0 aliphatic heterocycles. The Balaban J connectivity index is 2.88. The first-order valence-corrected chi connectivity index (χ1v) is 4.21. The van der Waals surface area contributed by atoms with Gasteiger partial charge in [-0.15, -0.1) is 0 Å². The van der Waals surface area contributed by atoms with Crippen LogP contribution in [0.5, 0.6) is 0 Å². The summed E-state index contributed by atoms with van der Waals surface area (Å²) in [6.45, 7) is 3.11. The lowest BCUT2D eigenvalue weighted by atomic mass is 10.3. The van der Waals surface area contributed by atoms with Gasteiger partial charge in [-0.05, 0) is 6.92 Å². The first-order valence-electron chi connectivity index (χ1n) is 3.09. The van der Waals surface area contributed by atoms with Crippen molar-refractivity contribution in [3.8, 4) is 0 Å². The molecule has 1 nitrogen and oxygen atoms in total. The van der Waals surface area contributed by atoms with E-state index in [0.717, 1.165) is 0 Å². The van der Waals surface area contributed by atoms with Gasteiger partial charge < -0.3 is 4.74 Å². The van der Waals surface area contributed by atoms with Gasteiger partial charge in [-0.2, -0.15) is 0 Å². The van der Waals surface area contributed by atoms with Crippen LogP contribution < -0.4 is 0 Å². The summed E-state index contributed by atoms with van der Waals surface area (Å²) in [7, 11) is 0. The van der Waals surface area contributed by atoms with Gasteiger partial charge in [-0.25, -0.2) is 4.39 Å². The van der Waals surface area contributed by atoms with E-state index in [0.29, 0.717) is 25.0 Å². The Labute approximate surface area is 63.7 Å². The largest absolute Gasteiger partial charge is 0.382 e. The van der Waals surface area contributed by atoms with Crippen molar-refractivity contribution in [3.63, 3.8) is 0 Å². The zero-order valence-electron chi connectivity index (χ0n) is 5.57. The smallest absolute Gasteiger partial charge is 0.112 e. The predicted octanol–water partition coefficient (Wildman–Crippen LogP) is 2.15. The molecule has 0 heterocycles.